The summed E-state index contributed by atoms with van der Waals surface area (Å²) in [6, 6.07) is 5.26. The lowest BCUT2D eigenvalue weighted by Crippen LogP contribution is -2.07. The lowest BCUT2D eigenvalue weighted by atomic mass is 10.1. The van der Waals surface area contributed by atoms with Crippen LogP contribution in [0.4, 0.5) is 0 Å². The predicted molar refractivity (Wildman–Crippen MR) is 56.7 cm³/mol. The van der Waals surface area contributed by atoms with E-state index >= 15 is 0 Å². The molecule has 0 aliphatic rings. The molecule has 4 nitrogen and oxygen atoms in total. The molecule has 2 N–H and O–H groups in total. The second-order valence-corrected chi connectivity index (χ2v) is 3.38. The van der Waals surface area contributed by atoms with Crippen molar-refractivity contribution in [2.45, 2.75) is 13.3 Å². The summed E-state index contributed by atoms with van der Waals surface area (Å²) in [6.07, 6.45) is 0.360. The predicted octanol–water partition coefficient (Wildman–Crippen LogP) is 1.67. The van der Waals surface area contributed by atoms with Crippen molar-refractivity contribution < 1.29 is 9.21 Å². The van der Waals surface area contributed by atoms with E-state index in [1.54, 1.807) is 25.1 Å². The van der Waals surface area contributed by atoms with Gasteiger partial charge in [-0.25, -0.2) is 4.98 Å². The lowest BCUT2D eigenvalue weighted by molar-refractivity contribution is 0.0985. The summed E-state index contributed by atoms with van der Waals surface area (Å²) in [5.74, 6) is 0.641. The highest BCUT2D eigenvalue weighted by molar-refractivity contribution is 5.98. The number of oxazole rings is 1. The van der Waals surface area contributed by atoms with E-state index in [1.165, 1.54) is 0 Å². The van der Waals surface area contributed by atoms with Crippen molar-refractivity contribution in [2.75, 3.05) is 6.54 Å². The smallest absolute Gasteiger partial charge is 0.192 e. The van der Waals surface area contributed by atoms with Gasteiger partial charge in [-0.3, -0.25) is 4.79 Å². The molecule has 0 saturated heterocycles. The number of benzene rings is 1. The number of aromatic nitrogens is 1. The lowest BCUT2D eigenvalue weighted by Gasteiger charge is -1.97. The maximum Gasteiger partial charge on any atom is 0.192 e. The number of ketones is 1. The minimum absolute atomic E-state index is 0.0356. The average molecular weight is 204 g/mol. The molecule has 0 amide bonds. The molecule has 0 atom stereocenters. The molecule has 0 saturated carbocycles. The Kier molecular flexibility index (Phi) is 2.51. The van der Waals surface area contributed by atoms with Crippen molar-refractivity contribution in [1.82, 2.24) is 4.98 Å². The number of carbonyl (C=O) groups excluding carboxylic acids is 1. The van der Waals surface area contributed by atoms with Gasteiger partial charge in [0, 0.05) is 18.9 Å². The molecule has 1 aromatic carbocycles. The molecule has 2 aromatic rings. The number of Topliss-reactive ketones (excluding diaryl/α,β-unsaturated/α-hetero) is 1. The number of nitrogens with zero attached hydrogens (tertiary/aromatic N) is 1. The third-order valence-electron chi connectivity index (χ3n) is 2.19. The highest BCUT2D eigenvalue weighted by Gasteiger charge is 2.08. The zero-order valence-electron chi connectivity index (χ0n) is 8.49. The summed E-state index contributed by atoms with van der Waals surface area (Å²) in [6.45, 7) is 2.15. The maximum absolute atomic E-state index is 11.6. The van der Waals surface area contributed by atoms with Crippen LogP contribution < -0.4 is 5.73 Å². The Morgan fingerprint density at radius 1 is 1.53 bits per heavy atom. The molecule has 0 spiro atoms. The zero-order valence-corrected chi connectivity index (χ0v) is 8.49. The summed E-state index contributed by atoms with van der Waals surface area (Å²) in [5, 5.41) is 0. The molecular weight excluding hydrogens is 192 g/mol. The van der Waals surface area contributed by atoms with E-state index in [9.17, 15) is 4.79 Å². The first-order valence-electron chi connectivity index (χ1n) is 4.81. The monoisotopic (exact) mass is 204 g/mol. The van der Waals surface area contributed by atoms with Gasteiger partial charge in [0.05, 0.1) is 0 Å². The molecule has 78 valence electrons. The van der Waals surface area contributed by atoms with Crippen LogP contribution in [-0.4, -0.2) is 17.3 Å². The average Bonchev–Trinajstić information content (AvgIpc) is 2.57. The second kappa shape index (κ2) is 3.82. The second-order valence-electron chi connectivity index (χ2n) is 3.38. The molecule has 1 aromatic heterocycles. The van der Waals surface area contributed by atoms with Gasteiger partial charge in [0.25, 0.3) is 0 Å². The summed E-state index contributed by atoms with van der Waals surface area (Å²) in [7, 11) is 0. The minimum atomic E-state index is 0.0356. The number of rotatable bonds is 3. The van der Waals surface area contributed by atoms with Crippen LogP contribution in [-0.2, 0) is 0 Å². The first kappa shape index (κ1) is 9.86. The van der Waals surface area contributed by atoms with E-state index in [0.29, 0.717) is 30.0 Å². The van der Waals surface area contributed by atoms with E-state index in [0.717, 1.165) is 5.52 Å². The van der Waals surface area contributed by atoms with Gasteiger partial charge in [0.15, 0.2) is 17.3 Å². The van der Waals surface area contributed by atoms with Gasteiger partial charge in [-0.15, -0.1) is 0 Å². The van der Waals surface area contributed by atoms with E-state index in [1.807, 2.05) is 0 Å². The van der Waals surface area contributed by atoms with Crippen LogP contribution in [0.15, 0.2) is 22.6 Å². The number of aryl methyl sites for hydroxylation is 1. The summed E-state index contributed by atoms with van der Waals surface area (Å²) >= 11 is 0. The summed E-state index contributed by atoms with van der Waals surface area (Å²) < 4.78 is 5.34. The number of nitrogens with two attached hydrogens (primary N) is 1. The Bertz CT molecular complexity index is 502. The third-order valence-corrected chi connectivity index (χ3v) is 2.19. The van der Waals surface area contributed by atoms with Crippen LogP contribution in [0.3, 0.4) is 0 Å². The van der Waals surface area contributed by atoms with E-state index < -0.39 is 0 Å². The molecular formula is C11H12N2O2. The van der Waals surface area contributed by atoms with Gasteiger partial charge in [-0.2, -0.15) is 0 Å². The normalized spacial score (nSPS) is 10.8. The van der Waals surface area contributed by atoms with Gasteiger partial charge in [0.1, 0.15) is 5.52 Å². The molecule has 0 radical (unpaired) electrons. The highest BCUT2D eigenvalue weighted by Crippen LogP contribution is 2.17. The SMILES string of the molecule is Cc1nc2ccc(C(=O)CCN)cc2o1. The fourth-order valence-corrected chi connectivity index (χ4v) is 1.49. The van der Waals surface area contributed by atoms with Gasteiger partial charge in [-0.1, -0.05) is 0 Å². The van der Waals surface area contributed by atoms with Crippen LogP contribution in [0.1, 0.15) is 22.7 Å². The van der Waals surface area contributed by atoms with Crippen molar-refractivity contribution in [3.8, 4) is 0 Å². The molecule has 0 unspecified atom stereocenters. The Hall–Kier alpha value is -1.68. The van der Waals surface area contributed by atoms with Crippen molar-refractivity contribution in [2.24, 2.45) is 5.73 Å². The molecule has 1 heterocycles. The van der Waals surface area contributed by atoms with Crippen molar-refractivity contribution in [3.05, 3.63) is 29.7 Å². The summed E-state index contributed by atoms with van der Waals surface area (Å²) in [4.78, 5) is 15.7. The molecule has 15 heavy (non-hydrogen) atoms. The maximum atomic E-state index is 11.6. The standard InChI is InChI=1S/C11H12N2O2/c1-7-13-9-3-2-8(6-11(9)15-7)10(14)4-5-12/h2-3,6H,4-5,12H2,1H3. The first-order valence-corrected chi connectivity index (χ1v) is 4.81. The van der Waals surface area contributed by atoms with Crippen molar-refractivity contribution in [3.63, 3.8) is 0 Å². The van der Waals surface area contributed by atoms with Crippen LogP contribution in [0.5, 0.6) is 0 Å². The molecule has 2 rings (SSSR count). The zero-order chi connectivity index (χ0) is 10.8. The van der Waals surface area contributed by atoms with E-state index in [4.69, 9.17) is 10.2 Å². The number of fused-ring (bicyclic) bond motifs is 1. The van der Waals surface area contributed by atoms with Crippen LogP contribution >= 0.6 is 0 Å². The molecule has 4 heteroatoms. The fourth-order valence-electron chi connectivity index (χ4n) is 1.49. The van der Waals surface area contributed by atoms with Gasteiger partial charge >= 0.3 is 0 Å². The van der Waals surface area contributed by atoms with E-state index in [-0.39, 0.29) is 5.78 Å². The van der Waals surface area contributed by atoms with Crippen LogP contribution in [0.25, 0.3) is 11.1 Å². The quantitative estimate of drug-likeness (QED) is 0.772. The van der Waals surface area contributed by atoms with Gasteiger partial charge in [-0.05, 0) is 24.7 Å². The van der Waals surface area contributed by atoms with Crippen LogP contribution in [0, 0.1) is 6.92 Å². The fraction of sp³-hybridized carbons (Fsp3) is 0.273. The third kappa shape index (κ3) is 1.89. The molecule has 0 aliphatic heterocycles. The highest BCUT2D eigenvalue weighted by atomic mass is 16.3. The Morgan fingerprint density at radius 2 is 2.33 bits per heavy atom. The Balaban J connectivity index is 2.41. The minimum Gasteiger partial charge on any atom is -0.441 e. The van der Waals surface area contributed by atoms with Gasteiger partial charge in [0.2, 0.25) is 0 Å². The van der Waals surface area contributed by atoms with Crippen molar-refractivity contribution >= 4 is 16.9 Å². The van der Waals surface area contributed by atoms with Crippen molar-refractivity contribution in [1.29, 1.82) is 0 Å². The molecule has 0 aliphatic carbocycles. The number of hydrogen-bond acceptors (Lipinski definition) is 4. The van der Waals surface area contributed by atoms with Gasteiger partial charge < -0.3 is 10.2 Å². The Labute approximate surface area is 87.1 Å². The molecule has 0 fully saturated rings. The first-order chi connectivity index (χ1) is 7.20. The summed E-state index contributed by atoms with van der Waals surface area (Å²) in [5.41, 5.74) is 7.38. The Morgan fingerprint density at radius 3 is 3.07 bits per heavy atom. The van der Waals surface area contributed by atoms with Crippen LogP contribution in [0.2, 0.25) is 0 Å². The van der Waals surface area contributed by atoms with E-state index in [2.05, 4.69) is 4.98 Å². The topological polar surface area (TPSA) is 69.1 Å². The largest absolute Gasteiger partial charge is 0.441 e. The molecule has 0 bridgehead atoms. The number of hydrogen-bond donors (Lipinski definition) is 1. The number of carbonyl (C=O) groups is 1.